The number of nitrogens with one attached hydrogen (secondary N) is 1. The summed E-state index contributed by atoms with van der Waals surface area (Å²) >= 11 is 1.39. The molecule has 1 saturated heterocycles. The number of carbonyl (C=O) groups excluding carboxylic acids is 1. The number of rotatable bonds is 6. The lowest BCUT2D eigenvalue weighted by Crippen LogP contribution is -2.40. The van der Waals surface area contributed by atoms with Crippen molar-refractivity contribution in [3.63, 3.8) is 0 Å². The maximum atomic E-state index is 12.9. The molecule has 1 aliphatic heterocycles. The molecule has 0 radical (unpaired) electrons. The van der Waals surface area contributed by atoms with E-state index in [1.807, 2.05) is 32.0 Å². The first-order valence-corrected chi connectivity index (χ1v) is 10.7. The Morgan fingerprint density at radius 1 is 1.37 bits per heavy atom. The van der Waals surface area contributed by atoms with E-state index >= 15 is 0 Å². The third-order valence-corrected chi connectivity index (χ3v) is 6.07. The Hall–Kier alpha value is -2.62. The fraction of sp³-hybridized carbons (Fsp3) is 0.429. The van der Waals surface area contributed by atoms with Crippen LogP contribution in [-0.4, -0.2) is 60.8 Å². The Kier molecular flexibility index (Phi) is 6.21. The monoisotopic (exact) mass is 427 g/mol. The average molecular weight is 428 g/mol. The van der Waals surface area contributed by atoms with E-state index in [1.54, 1.807) is 13.3 Å². The fourth-order valence-corrected chi connectivity index (χ4v) is 4.75. The second kappa shape index (κ2) is 9.03. The highest BCUT2D eigenvalue weighted by atomic mass is 32.1. The lowest BCUT2D eigenvalue weighted by Gasteiger charge is -2.33. The van der Waals surface area contributed by atoms with Gasteiger partial charge < -0.3 is 19.7 Å². The summed E-state index contributed by atoms with van der Waals surface area (Å²) in [5.74, 6) is 0.568. The Labute approximate surface area is 179 Å². The molecule has 8 nitrogen and oxygen atoms in total. The van der Waals surface area contributed by atoms with Crippen LogP contribution in [0.5, 0.6) is 0 Å². The Bertz CT molecular complexity index is 1030. The number of ether oxygens (including phenoxy) is 2. The third-order valence-electron chi connectivity index (χ3n) is 4.94. The molecule has 3 aromatic rings. The van der Waals surface area contributed by atoms with E-state index in [4.69, 9.17) is 9.47 Å². The van der Waals surface area contributed by atoms with Gasteiger partial charge in [-0.2, -0.15) is 0 Å². The summed E-state index contributed by atoms with van der Waals surface area (Å²) in [6.07, 6.45) is 1.47. The molecule has 1 fully saturated rings. The van der Waals surface area contributed by atoms with Crippen molar-refractivity contribution < 1.29 is 14.3 Å². The van der Waals surface area contributed by atoms with Gasteiger partial charge in [-0.3, -0.25) is 4.79 Å². The number of morpholine rings is 1. The van der Waals surface area contributed by atoms with Crippen LogP contribution in [0.25, 0.3) is 10.2 Å². The highest BCUT2D eigenvalue weighted by Gasteiger charge is 2.31. The molecule has 0 aromatic carbocycles. The van der Waals surface area contributed by atoms with Crippen molar-refractivity contribution >= 4 is 33.4 Å². The van der Waals surface area contributed by atoms with E-state index in [0.29, 0.717) is 43.7 Å². The normalized spacial score (nSPS) is 16.8. The Morgan fingerprint density at radius 3 is 2.93 bits per heavy atom. The minimum atomic E-state index is -0.274. The highest BCUT2D eigenvalue weighted by Crippen LogP contribution is 2.37. The summed E-state index contributed by atoms with van der Waals surface area (Å²) in [7, 11) is 1.61. The van der Waals surface area contributed by atoms with Crippen molar-refractivity contribution in [2.45, 2.75) is 20.0 Å². The minimum absolute atomic E-state index is 0.131. The first-order chi connectivity index (χ1) is 14.6. The summed E-state index contributed by atoms with van der Waals surface area (Å²) in [6.45, 7) is 6.65. The SMILES string of the molecule is COCCNC(=O)c1sc2ncccc2c1[C@@H]1CN(c2nc(C)cc(C)n2)CCO1. The molecular formula is C21H25N5O3S. The topological polar surface area (TPSA) is 89.5 Å². The minimum Gasteiger partial charge on any atom is -0.383 e. The molecule has 1 aliphatic rings. The number of amides is 1. The van der Waals surface area contributed by atoms with Crippen molar-refractivity contribution in [3.8, 4) is 0 Å². The maximum Gasteiger partial charge on any atom is 0.261 e. The zero-order valence-corrected chi connectivity index (χ0v) is 18.2. The quantitative estimate of drug-likeness (QED) is 0.605. The van der Waals surface area contributed by atoms with E-state index in [9.17, 15) is 4.79 Å². The predicted octanol–water partition coefficient (Wildman–Crippen LogP) is 2.66. The second-order valence-electron chi connectivity index (χ2n) is 7.21. The second-order valence-corrected chi connectivity index (χ2v) is 8.20. The standard InChI is InChI=1S/C21H25N5O3S/c1-13-11-14(2)25-21(24-13)26-8-10-29-16(12-26)17-15-5-4-6-23-20(15)30-18(17)19(27)22-7-9-28-3/h4-6,11,16H,7-10,12H2,1-3H3,(H,22,27)/t16-/m0/s1. The number of hydrogen-bond acceptors (Lipinski definition) is 8. The molecule has 0 unspecified atom stereocenters. The van der Waals surface area contributed by atoms with Gasteiger partial charge in [0.2, 0.25) is 5.95 Å². The van der Waals surface area contributed by atoms with Gasteiger partial charge in [-0.15, -0.1) is 11.3 Å². The van der Waals surface area contributed by atoms with Gasteiger partial charge in [-0.25, -0.2) is 15.0 Å². The van der Waals surface area contributed by atoms with Crippen LogP contribution in [0, 0.1) is 13.8 Å². The first-order valence-electron chi connectivity index (χ1n) is 9.90. The molecule has 0 saturated carbocycles. The van der Waals surface area contributed by atoms with Gasteiger partial charge in [-0.05, 0) is 26.0 Å². The van der Waals surface area contributed by atoms with Gasteiger partial charge in [0, 0.05) is 48.7 Å². The number of fused-ring (bicyclic) bond motifs is 1. The number of aryl methyl sites for hydroxylation is 2. The summed E-state index contributed by atoms with van der Waals surface area (Å²) in [5.41, 5.74) is 2.75. The molecule has 1 N–H and O–H groups in total. The van der Waals surface area contributed by atoms with Gasteiger partial charge in [-0.1, -0.05) is 6.07 Å². The molecule has 158 valence electrons. The number of thiophene rings is 1. The van der Waals surface area contributed by atoms with Gasteiger partial charge in [0.05, 0.1) is 19.8 Å². The number of hydrogen-bond donors (Lipinski definition) is 1. The molecule has 30 heavy (non-hydrogen) atoms. The lowest BCUT2D eigenvalue weighted by atomic mass is 10.0. The van der Waals surface area contributed by atoms with E-state index in [-0.39, 0.29) is 12.0 Å². The zero-order valence-electron chi connectivity index (χ0n) is 17.3. The van der Waals surface area contributed by atoms with Crippen molar-refractivity contribution in [2.24, 2.45) is 0 Å². The lowest BCUT2D eigenvalue weighted by molar-refractivity contribution is 0.0396. The number of aromatic nitrogens is 3. The number of anilines is 1. The van der Waals surface area contributed by atoms with E-state index in [2.05, 4.69) is 25.2 Å². The average Bonchev–Trinajstić information content (AvgIpc) is 3.13. The summed E-state index contributed by atoms with van der Waals surface area (Å²) in [6, 6.07) is 5.84. The van der Waals surface area contributed by atoms with Gasteiger partial charge >= 0.3 is 0 Å². The molecule has 0 bridgehead atoms. The highest BCUT2D eigenvalue weighted by molar-refractivity contribution is 7.20. The molecule has 1 amide bonds. The summed E-state index contributed by atoms with van der Waals surface area (Å²) < 4.78 is 11.2. The molecule has 1 atom stereocenters. The first kappa shape index (κ1) is 20.6. The van der Waals surface area contributed by atoms with Crippen LogP contribution in [0.1, 0.15) is 32.7 Å². The number of nitrogens with zero attached hydrogens (tertiary/aromatic N) is 4. The predicted molar refractivity (Wildman–Crippen MR) is 116 cm³/mol. The maximum absolute atomic E-state index is 12.9. The van der Waals surface area contributed by atoms with Gasteiger partial charge in [0.1, 0.15) is 15.8 Å². The smallest absolute Gasteiger partial charge is 0.261 e. The van der Waals surface area contributed by atoms with Gasteiger partial charge in [0.15, 0.2) is 0 Å². The summed E-state index contributed by atoms with van der Waals surface area (Å²) in [5, 5.41) is 3.87. The van der Waals surface area contributed by atoms with Crippen LogP contribution in [0.3, 0.4) is 0 Å². The van der Waals surface area contributed by atoms with Crippen molar-refractivity contribution in [2.75, 3.05) is 44.9 Å². The number of carbonyl (C=O) groups is 1. The summed E-state index contributed by atoms with van der Waals surface area (Å²) in [4.78, 5) is 30.2. The molecular weight excluding hydrogens is 402 g/mol. The number of methoxy groups -OCH3 is 1. The largest absolute Gasteiger partial charge is 0.383 e. The van der Waals surface area contributed by atoms with Crippen LogP contribution < -0.4 is 10.2 Å². The van der Waals surface area contributed by atoms with Gasteiger partial charge in [0.25, 0.3) is 5.91 Å². The van der Waals surface area contributed by atoms with Crippen molar-refractivity contribution in [3.05, 3.63) is 46.2 Å². The van der Waals surface area contributed by atoms with Crippen LogP contribution in [-0.2, 0) is 9.47 Å². The molecule has 3 aromatic heterocycles. The third kappa shape index (κ3) is 4.28. The Morgan fingerprint density at radius 2 is 2.17 bits per heavy atom. The fourth-order valence-electron chi connectivity index (χ4n) is 3.64. The molecule has 0 aliphatic carbocycles. The van der Waals surface area contributed by atoms with E-state index in [0.717, 1.165) is 27.2 Å². The molecule has 4 heterocycles. The van der Waals surface area contributed by atoms with Crippen LogP contribution in [0.2, 0.25) is 0 Å². The molecule has 4 rings (SSSR count). The molecule has 0 spiro atoms. The van der Waals surface area contributed by atoms with E-state index < -0.39 is 0 Å². The Balaban J connectivity index is 1.67. The zero-order chi connectivity index (χ0) is 21.1. The van der Waals surface area contributed by atoms with E-state index in [1.165, 1.54) is 11.3 Å². The molecule has 9 heteroatoms. The van der Waals surface area contributed by atoms with Crippen molar-refractivity contribution in [1.82, 2.24) is 20.3 Å². The number of pyridine rings is 1. The van der Waals surface area contributed by atoms with Crippen LogP contribution in [0.4, 0.5) is 5.95 Å². The van der Waals surface area contributed by atoms with Crippen LogP contribution in [0.15, 0.2) is 24.4 Å². The van der Waals surface area contributed by atoms with Crippen molar-refractivity contribution in [1.29, 1.82) is 0 Å². The van der Waals surface area contributed by atoms with Crippen LogP contribution >= 0.6 is 11.3 Å².